The predicted octanol–water partition coefficient (Wildman–Crippen LogP) is 5.14. The Balaban J connectivity index is 2.61. The van der Waals surface area contributed by atoms with Crippen LogP contribution in [0.25, 0.3) is 0 Å². The van der Waals surface area contributed by atoms with Gasteiger partial charge >= 0.3 is 0 Å². The Labute approximate surface area is 129 Å². The first-order valence-corrected chi connectivity index (χ1v) is 7.60. The largest absolute Gasteiger partial charge is 0.398 e. The molecule has 112 valence electrons. The molecule has 0 amide bonds. The highest BCUT2D eigenvalue weighted by atomic mass is 14.6. The summed E-state index contributed by atoms with van der Waals surface area (Å²) in [5, 5.41) is 0. The van der Waals surface area contributed by atoms with Gasteiger partial charge in [-0.15, -0.1) is 0 Å². The smallest absolute Gasteiger partial charge is 0.0349 e. The van der Waals surface area contributed by atoms with Crippen molar-refractivity contribution in [3.05, 3.63) is 63.2 Å². The van der Waals surface area contributed by atoms with Crippen molar-refractivity contribution in [1.82, 2.24) is 0 Å². The van der Waals surface area contributed by atoms with Crippen LogP contribution in [0, 0.1) is 34.6 Å². The molecule has 0 spiro atoms. The lowest BCUT2D eigenvalue weighted by molar-refractivity contribution is 0.638. The molecule has 0 atom stereocenters. The van der Waals surface area contributed by atoms with Gasteiger partial charge in [0.1, 0.15) is 0 Å². The van der Waals surface area contributed by atoms with E-state index in [9.17, 15) is 0 Å². The van der Waals surface area contributed by atoms with Crippen molar-refractivity contribution in [2.45, 2.75) is 53.9 Å². The summed E-state index contributed by atoms with van der Waals surface area (Å²) < 4.78 is 0. The van der Waals surface area contributed by atoms with Crippen LogP contribution in [-0.4, -0.2) is 0 Å². The molecule has 0 aliphatic rings. The van der Waals surface area contributed by atoms with Gasteiger partial charge in [0.25, 0.3) is 0 Å². The summed E-state index contributed by atoms with van der Waals surface area (Å²) in [7, 11) is 0. The van der Waals surface area contributed by atoms with Crippen molar-refractivity contribution >= 4 is 5.69 Å². The maximum absolute atomic E-state index is 6.18. The van der Waals surface area contributed by atoms with E-state index in [1.54, 1.807) is 0 Å². The van der Waals surface area contributed by atoms with E-state index in [1.165, 1.54) is 38.9 Å². The lowest BCUT2D eigenvalue weighted by Crippen LogP contribution is -2.20. The molecular formula is C20H27N. The molecule has 0 radical (unpaired) electrons. The van der Waals surface area contributed by atoms with E-state index in [-0.39, 0.29) is 5.41 Å². The van der Waals surface area contributed by atoms with Crippen molar-refractivity contribution < 1.29 is 0 Å². The molecule has 0 aliphatic heterocycles. The van der Waals surface area contributed by atoms with Gasteiger partial charge in [-0.05, 0) is 79.6 Å². The molecule has 0 saturated heterocycles. The summed E-state index contributed by atoms with van der Waals surface area (Å²) in [6, 6.07) is 9.03. The highest BCUT2D eigenvalue weighted by Gasteiger charge is 2.25. The molecule has 0 unspecified atom stereocenters. The number of nitrogen functional groups attached to an aromatic ring is 1. The van der Waals surface area contributed by atoms with Gasteiger partial charge in [-0.2, -0.15) is 0 Å². The van der Waals surface area contributed by atoms with E-state index in [2.05, 4.69) is 72.7 Å². The number of anilines is 1. The fourth-order valence-electron chi connectivity index (χ4n) is 2.81. The maximum atomic E-state index is 6.18. The van der Waals surface area contributed by atoms with Gasteiger partial charge in [-0.3, -0.25) is 0 Å². The van der Waals surface area contributed by atoms with Crippen LogP contribution in [0.4, 0.5) is 5.69 Å². The number of rotatable bonds is 2. The fraction of sp³-hybridized carbons (Fsp3) is 0.400. The molecule has 0 saturated carbocycles. The van der Waals surface area contributed by atoms with Gasteiger partial charge in [0.2, 0.25) is 0 Å². The molecule has 2 rings (SSSR count). The summed E-state index contributed by atoms with van der Waals surface area (Å²) in [6.07, 6.45) is 0. The van der Waals surface area contributed by atoms with Crippen LogP contribution in [0.15, 0.2) is 24.3 Å². The van der Waals surface area contributed by atoms with E-state index < -0.39 is 0 Å². The van der Waals surface area contributed by atoms with Crippen LogP contribution < -0.4 is 5.73 Å². The third-order valence-electron chi connectivity index (χ3n) is 5.08. The number of nitrogens with two attached hydrogens (primary N) is 1. The molecular weight excluding hydrogens is 254 g/mol. The minimum atomic E-state index is -0.0458. The minimum Gasteiger partial charge on any atom is -0.398 e. The average Bonchev–Trinajstić information content (AvgIpc) is 2.40. The van der Waals surface area contributed by atoms with Crippen LogP contribution in [0.3, 0.4) is 0 Å². The van der Waals surface area contributed by atoms with E-state index in [1.807, 2.05) is 0 Å². The summed E-state index contributed by atoms with van der Waals surface area (Å²) in [5.74, 6) is 0. The van der Waals surface area contributed by atoms with E-state index in [0.717, 1.165) is 5.69 Å². The molecule has 2 N–H and O–H groups in total. The van der Waals surface area contributed by atoms with E-state index >= 15 is 0 Å². The van der Waals surface area contributed by atoms with E-state index in [4.69, 9.17) is 5.73 Å². The average molecular weight is 281 g/mol. The zero-order valence-electron chi connectivity index (χ0n) is 14.4. The second-order valence-electron chi connectivity index (χ2n) is 6.87. The van der Waals surface area contributed by atoms with Crippen molar-refractivity contribution in [3.63, 3.8) is 0 Å². The Morgan fingerprint density at radius 1 is 0.667 bits per heavy atom. The number of benzene rings is 2. The molecule has 2 aromatic carbocycles. The molecule has 0 heterocycles. The fourth-order valence-corrected chi connectivity index (χ4v) is 2.81. The lowest BCUT2D eigenvalue weighted by atomic mass is 9.75. The molecule has 1 nitrogen and oxygen atoms in total. The zero-order valence-corrected chi connectivity index (χ0v) is 14.4. The first-order chi connectivity index (χ1) is 9.64. The van der Waals surface area contributed by atoms with E-state index in [0.29, 0.717) is 0 Å². The van der Waals surface area contributed by atoms with Crippen molar-refractivity contribution in [3.8, 4) is 0 Å². The Hall–Kier alpha value is -1.76. The number of hydrogen-bond donors (Lipinski definition) is 1. The lowest BCUT2D eigenvalue weighted by Gasteiger charge is -2.29. The first kappa shape index (κ1) is 15.6. The molecule has 0 fully saturated rings. The summed E-state index contributed by atoms with van der Waals surface area (Å²) in [6.45, 7) is 15.3. The van der Waals surface area contributed by atoms with Crippen molar-refractivity contribution in [1.29, 1.82) is 0 Å². The van der Waals surface area contributed by atoms with Crippen LogP contribution in [0.1, 0.15) is 52.8 Å². The molecule has 0 bridgehead atoms. The Kier molecular flexibility index (Phi) is 3.88. The molecule has 0 aromatic heterocycles. The van der Waals surface area contributed by atoms with Crippen LogP contribution in [0.5, 0.6) is 0 Å². The SMILES string of the molecule is Cc1cc(C(C)(C)c2cc(C)c(C)c(N)c2)cc(C)c1C. The molecule has 21 heavy (non-hydrogen) atoms. The van der Waals surface area contributed by atoms with Gasteiger partial charge in [-0.25, -0.2) is 0 Å². The second kappa shape index (κ2) is 5.22. The second-order valence-corrected chi connectivity index (χ2v) is 6.87. The quantitative estimate of drug-likeness (QED) is 0.758. The summed E-state index contributed by atoms with van der Waals surface area (Å²) in [5.41, 5.74) is 16.2. The third-order valence-corrected chi connectivity index (χ3v) is 5.08. The van der Waals surface area contributed by atoms with Crippen LogP contribution >= 0.6 is 0 Å². The highest BCUT2D eigenvalue weighted by Crippen LogP contribution is 2.35. The van der Waals surface area contributed by atoms with Gasteiger partial charge in [-0.1, -0.05) is 32.0 Å². The molecule has 0 aliphatic carbocycles. The monoisotopic (exact) mass is 281 g/mol. The standard InChI is InChI=1S/C20H27N/c1-12-8-17(9-13(2)15(12)4)20(6,7)18-10-14(3)16(5)19(21)11-18/h8-11H,21H2,1-7H3. The third kappa shape index (κ3) is 2.70. The van der Waals surface area contributed by atoms with Gasteiger partial charge in [0.15, 0.2) is 0 Å². The van der Waals surface area contributed by atoms with Gasteiger partial charge in [0, 0.05) is 11.1 Å². The van der Waals surface area contributed by atoms with Crippen LogP contribution in [0.2, 0.25) is 0 Å². The Bertz CT molecular complexity index is 587. The van der Waals surface area contributed by atoms with Crippen molar-refractivity contribution in [2.24, 2.45) is 0 Å². The van der Waals surface area contributed by atoms with Crippen molar-refractivity contribution in [2.75, 3.05) is 5.73 Å². The summed E-state index contributed by atoms with van der Waals surface area (Å²) in [4.78, 5) is 0. The molecule has 2 aromatic rings. The topological polar surface area (TPSA) is 26.0 Å². The Morgan fingerprint density at radius 2 is 1.05 bits per heavy atom. The number of aryl methyl sites for hydroxylation is 3. The first-order valence-electron chi connectivity index (χ1n) is 7.60. The summed E-state index contributed by atoms with van der Waals surface area (Å²) >= 11 is 0. The van der Waals surface area contributed by atoms with Crippen LogP contribution in [-0.2, 0) is 5.41 Å². The Morgan fingerprint density at radius 3 is 1.48 bits per heavy atom. The number of hydrogen-bond acceptors (Lipinski definition) is 1. The predicted molar refractivity (Wildman–Crippen MR) is 93.1 cm³/mol. The molecule has 1 heteroatoms. The van der Waals surface area contributed by atoms with Gasteiger partial charge < -0.3 is 5.73 Å². The minimum absolute atomic E-state index is 0.0458. The maximum Gasteiger partial charge on any atom is 0.0349 e. The zero-order chi connectivity index (χ0) is 15.9. The van der Waals surface area contributed by atoms with Gasteiger partial charge in [0.05, 0.1) is 0 Å². The highest BCUT2D eigenvalue weighted by molar-refractivity contribution is 5.56. The normalized spacial score (nSPS) is 11.8.